The molecule has 3 amide bonds. The van der Waals surface area contributed by atoms with Crippen molar-refractivity contribution in [2.45, 2.75) is 82.6 Å². The number of rotatable bonds is 11. The third kappa shape index (κ3) is 7.68. The standard InChI is InChI=1S/C43H44N4O4/c44-27-32-15-19-34(20-16-32)40(41(48)45-24-23-30-17-21-37(22-18-30)51-29-33-11-5-2-6-12-33)47-39(25-31-9-3-1-4-10-31)42(49)46-28-36-14-8-7-13-35(36)26-38(46)43(47)50/h2,5-8,11-22,31,38-40H,1,3-4,9-10,23-26,28-29H2,(H,45,48). The smallest absolute Gasteiger partial charge is 0.247 e. The van der Waals surface area contributed by atoms with Crippen LogP contribution in [0.4, 0.5) is 0 Å². The summed E-state index contributed by atoms with van der Waals surface area (Å²) in [7, 11) is 0. The van der Waals surface area contributed by atoms with Crippen molar-refractivity contribution in [2.75, 3.05) is 6.54 Å². The minimum Gasteiger partial charge on any atom is -0.489 e. The number of nitriles is 1. The van der Waals surface area contributed by atoms with Gasteiger partial charge < -0.3 is 19.9 Å². The summed E-state index contributed by atoms with van der Waals surface area (Å²) in [6.07, 6.45) is 6.97. The van der Waals surface area contributed by atoms with Gasteiger partial charge in [0.15, 0.2) is 0 Å². The van der Waals surface area contributed by atoms with E-state index < -0.39 is 18.1 Å². The molecule has 4 aromatic carbocycles. The van der Waals surface area contributed by atoms with Crippen molar-refractivity contribution in [3.05, 3.63) is 137 Å². The molecule has 1 aliphatic carbocycles. The zero-order valence-electron chi connectivity index (χ0n) is 28.9. The van der Waals surface area contributed by atoms with Crippen LogP contribution in [0.1, 0.15) is 77.9 Å². The van der Waals surface area contributed by atoms with Crippen LogP contribution in [-0.2, 0) is 40.4 Å². The van der Waals surface area contributed by atoms with Crippen LogP contribution in [0.15, 0.2) is 103 Å². The first-order chi connectivity index (χ1) is 25.0. The predicted octanol–water partition coefficient (Wildman–Crippen LogP) is 6.67. The van der Waals surface area contributed by atoms with Crippen molar-refractivity contribution >= 4 is 17.7 Å². The lowest BCUT2D eigenvalue weighted by Crippen LogP contribution is -2.67. The third-order valence-electron chi connectivity index (χ3n) is 10.7. The maximum atomic E-state index is 14.8. The molecular formula is C43H44N4O4. The second-order valence-corrected chi connectivity index (χ2v) is 14.1. The monoisotopic (exact) mass is 680 g/mol. The van der Waals surface area contributed by atoms with E-state index in [2.05, 4.69) is 11.4 Å². The zero-order valence-corrected chi connectivity index (χ0v) is 28.9. The first kappa shape index (κ1) is 34.0. The highest BCUT2D eigenvalue weighted by atomic mass is 16.5. The van der Waals surface area contributed by atoms with Crippen LogP contribution in [-0.4, -0.2) is 46.1 Å². The number of ether oxygens (including phenoxy) is 1. The van der Waals surface area contributed by atoms with Crippen LogP contribution in [0, 0.1) is 17.2 Å². The van der Waals surface area contributed by atoms with Crippen molar-refractivity contribution in [3.63, 3.8) is 0 Å². The lowest BCUT2D eigenvalue weighted by atomic mass is 9.81. The summed E-state index contributed by atoms with van der Waals surface area (Å²) in [5.41, 5.74) is 5.30. The summed E-state index contributed by atoms with van der Waals surface area (Å²) in [4.78, 5) is 47.1. The fourth-order valence-electron chi connectivity index (χ4n) is 7.97. The number of carbonyl (C=O) groups excluding carboxylic acids is 3. The Morgan fingerprint density at radius 3 is 2.25 bits per heavy atom. The first-order valence-corrected chi connectivity index (χ1v) is 18.2. The second kappa shape index (κ2) is 15.6. The number of hydrogen-bond acceptors (Lipinski definition) is 5. The van der Waals surface area contributed by atoms with E-state index in [1.165, 1.54) is 6.42 Å². The highest BCUT2D eigenvalue weighted by molar-refractivity contribution is 6.00. The Morgan fingerprint density at radius 1 is 0.824 bits per heavy atom. The van der Waals surface area contributed by atoms with E-state index in [-0.39, 0.29) is 17.7 Å². The van der Waals surface area contributed by atoms with Crippen molar-refractivity contribution < 1.29 is 19.1 Å². The van der Waals surface area contributed by atoms with Crippen LogP contribution in [0.25, 0.3) is 0 Å². The van der Waals surface area contributed by atoms with Gasteiger partial charge in [-0.05, 0) is 70.8 Å². The number of nitrogens with zero attached hydrogens (tertiary/aromatic N) is 3. The van der Waals surface area contributed by atoms with Gasteiger partial charge in [0.1, 0.15) is 30.5 Å². The molecule has 2 heterocycles. The summed E-state index contributed by atoms with van der Waals surface area (Å²) >= 11 is 0. The Morgan fingerprint density at radius 2 is 1.53 bits per heavy atom. The number of benzene rings is 4. The molecule has 0 radical (unpaired) electrons. The fraction of sp³-hybridized carbons (Fsp3) is 0.349. The molecule has 2 fully saturated rings. The third-order valence-corrected chi connectivity index (χ3v) is 10.7. The van der Waals surface area contributed by atoms with E-state index in [1.807, 2.05) is 78.9 Å². The van der Waals surface area contributed by atoms with Crippen LogP contribution in [0.5, 0.6) is 5.75 Å². The van der Waals surface area contributed by atoms with E-state index in [9.17, 15) is 19.6 Å². The maximum absolute atomic E-state index is 14.8. The molecule has 8 heteroatoms. The molecule has 3 aliphatic rings. The van der Waals surface area contributed by atoms with Gasteiger partial charge in [0.2, 0.25) is 17.7 Å². The molecule has 1 saturated carbocycles. The van der Waals surface area contributed by atoms with E-state index in [1.54, 1.807) is 34.1 Å². The number of nitrogens with one attached hydrogen (secondary N) is 1. The molecule has 2 aliphatic heterocycles. The molecule has 0 bridgehead atoms. The second-order valence-electron chi connectivity index (χ2n) is 14.1. The van der Waals surface area contributed by atoms with Gasteiger partial charge in [0.05, 0.1) is 11.6 Å². The molecule has 8 nitrogen and oxygen atoms in total. The average Bonchev–Trinajstić information content (AvgIpc) is 3.18. The Labute approximate surface area is 300 Å². The van der Waals surface area contributed by atoms with Gasteiger partial charge in [0.25, 0.3) is 0 Å². The van der Waals surface area contributed by atoms with Crippen LogP contribution >= 0.6 is 0 Å². The molecule has 4 aromatic rings. The van der Waals surface area contributed by atoms with Crippen LogP contribution < -0.4 is 10.1 Å². The number of carbonyl (C=O) groups is 3. The zero-order chi connectivity index (χ0) is 35.2. The van der Waals surface area contributed by atoms with E-state index >= 15 is 0 Å². The quantitative estimate of drug-likeness (QED) is 0.191. The Kier molecular flexibility index (Phi) is 10.4. The molecule has 3 unspecified atom stereocenters. The Bertz CT molecular complexity index is 1880. The minimum atomic E-state index is -1.02. The number of hydrogen-bond donors (Lipinski definition) is 1. The van der Waals surface area contributed by atoms with E-state index in [4.69, 9.17) is 4.74 Å². The van der Waals surface area contributed by atoms with Crippen LogP contribution in [0.3, 0.4) is 0 Å². The van der Waals surface area contributed by atoms with Gasteiger partial charge in [-0.2, -0.15) is 5.26 Å². The summed E-state index contributed by atoms with van der Waals surface area (Å²) in [6, 6.07) is 32.4. The van der Waals surface area contributed by atoms with Gasteiger partial charge >= 0.3 is 0 Å². The Hall–Kier alpha value is -5.42. The SMILES string of the molecule is N#Cc1ccc(C(C(=O)NCCc2ccc(OCc3ccccc3)cc2)N2C(=O)C3Cc4ccccc4CN3C(=O)C2CC2CCCCC2)cc1. The molecule has 51 heavy (non-hydrogen) atoms. The number of fused-ring (bicyclic) bond motifs is 2. The van der Waals surface area contributed by atoms with Gasteiger partial charge in [0, 0.05) is 19.5 Å². The molecule has 260 valence electrons. The van der Waals surface area contributed by atoms with E-state index in [0.717, 1.165) is 53.7 Å². The first-order valence-electron chi connectivity index (χ1n) is 18.2. The molecule has 3 atom stereocenters. The van der Waals surface area contributed by atoms with Crippen molar-refractivity contribution in [2.24, 2.45) is 5.92 Å². The molecule has 1 N–H and O–H groups in total. The van der Waals surface area contributed by atoms with Crippen LogP contribution in [0.2, 0.25) is 0 Å². The van der Waals surface area contributed by atoms with Gasteiger partial charge in [-0.1, -0.05) is 111 Å². The highest BCUT2D eigenvalue weighted by Crippen LogP contribution is 2.38. The normalized spacial score (nSPS) is 19.4. The van der Waals surface area contributed by atoms with Gasteiger partial charge in [-0.15, -0.1) is 0 Å². The summed E-state index contributed by atoms with van der Waals surface area (Å²) < 4.78 is 5.94. The summed E-state index contributed by atoms with van der Waals surface area (Å²) in [5, 5.41) is 12.6. The lowest BCUT2D eigenvalue weighted by Gasteiger charge is -2.50. The molecule has 0 aromatic heterocycles. The molecule has 0 spiro atoms. The van der Waals surface area contributed by atoms with Gasteiger partial charge in [-0.3, -0.25) is 14.4 Å². The maximum Gasteiger partial charge on any atom is 0.247 e. The highest BCUT2D eigenvalue weighted by Gasteiger charge is 2.51. The molecular weight excluding hydrogens is 636 g/mol. The minimum absolute atomic E-state index is 0.0827. The lowest BCUT2D eigenvalue weighted by molar-refractivity contribution is -0.169. The summed E-state index contributed by atoms with van der Waals surface area (Å²) in [6.45, 7) is 1.23. The average molecular weight is 681 g/mol. The fourth-order valence-corrected chi connectivity index (χ4v) is 7.97. The summed E-state index contributed by atoms with van der Waals surface area (Å²) in [5.74, 6) is 0.466. The topological polar surface area (TPSA) is 103 Å². The largest absolute Gasteiger partial charge is 0.489 e. The Balaban J connectivity index is 1.13. The van der Waals surface area contributed by atoms with Crippen molar-refractivity contribution in [1.82, 2.24) is 15.1 Å². The van der Waals surface area contributed by atoms with E-state index in [0.29, 0.717) is 56.0 Å². The van der Waals surface area contributed by atoms with Gasteiger partial charge in [-0.25, -0.2) is 0 Å². The number of piperazine rings is 1. The predicted molar refractivity (Wildman–Crippen MR) is 194 cm³/mol. The number of amides is 3. The van der Waals surface area contributed by atoms with Crippen molar-refractivity contribution in [1.29, 1.82) is 5.26 Å². The molecule has 1 saturated heterocycles. The molecule has 7 rings (SSSR count). The van der Waals surface area contributed by atoms with Crippen molar-refractivity contribution in [3.8, 4) is 11.8 Å².